The molecular formula is C50H75N7O10. The molecule has 1 saturated carbocycles. The van der Waals surface area contributed by atoms with Crippen molar-refractivity contribution in [3.8, 4) is 0 Å². The highest BCUT2D eigenvalue weighted by atomic mass is 16.4. The minimum Gasteiger partial charge on any atom is -0.480 e. The zero-order valence-electron chi connectivity index (χ0n) is 39.2. The fraction of sp³-hybridized carbons (Fsp3) is 0.600. The number of carbonyl (C=O) groups is 8. The predicted molar refractivity (Wildman–Crippen MR) is 253 cm³/mol. The van der Waals surface area contributed by atoms with Gasteiger partial charge in [-0.25, -0.2) is 4.79 Å². The van der Waals surface area contributed by atoms with Gasteiger partial charge in [0.15, 0.2) is 0 Å². The maximum Gasteiger partial charge on any atom is 0.326 e. The van der Waals surface area contributed by atoms with E-state index in [1.54, 1.807) is 30.3 Å². The minimum absolute atomic E-state index is 0.0355. The van der Waals surface area contributed by atoms with Crippen LogP contribution in [0.15, 0.2) is 60.7 Å². The van der Waals surface area contributed by atoms with Crippen LogP contribution in [0.4, 0.5) is 0 Å². The van der Waals surface area contributed by atoms with Gasteiger partial charge in [-0.05, 0) is 49.7 Å². The van der Waals surface area contributed by atoms with Crippen molar-refractivity contribution < 1.29 is 48.6 Å². The number of nitrogens with one attached hydrogen (secondary N) is 5. The second-order valence-corrected chi connectivity index (χ2v) is 17.9. The summed E-state index contributed by atoms with van der Waals surface area (Å²) in [5.41, 5.74) is 12.5. The summed E-state index contributed by atoms with van der Waals surface area (Å²) < 4.78 is 0. The molecule has 370 valence electrons. The molecule has 1 unspecified atom stereocenters. The number of rotatable bonds is 33. The topological polar surface area (TPSA) is 289 Å². The Hall–Kier alpha value is -5.84. The van der Waals surface area contributed by atoms with Gasteiger partial charge >= 0.3 is 5.97 Å². The molecule has 0 saturated heterocycles. The molecule has 1 aliphatic carbocycles. The average molecular weight is 934 g/mol. The SMILES string of the molecule is CC(O)[C@H](NC(=O)CCCCCCCCCCCCCCC(=O)N[C@@H](CC(N)=O)C(=O)N[C@@H](Cc1ccccc1)C(=O)O)C(=O)N[C@H](C(=O)N[C@@H](Cc1ccccc1)C(N)=O)C1CCCCC1. The van der Waals surface area contributed by atoms with Crippen LogP contribution in [0.3, 0.4) is 0 Å². The first kappa shape index (κ1) is 55.5. The van der Waals surface area contributed by atoms with Gasteiger partial charge < -0.3 is 48.3 Å². The zero-order valence-corrected chi connectivity index (χ0v) is 39.2. The van der Waals surface area contributed by atoms with Crippen molar-refractivity contribution in [2.45, 2.75) is 184 Å². The number of amides is 7. The average Bonchev–Trinajstić information content (AvgIpc) is 3.29. The lowest BCUT2D eigenvalue weighted by atomic mass is 9.83. The minimum atomic E-state index is -1.28. The van der Waals surface area contributed by atoms with Gasteiger partial charge in [-0.2, -0.15) is 0 Å². The quantitative estimate of drug-likeness (QED) is 0.0467. The van der Waals surface area contributed by atoms with Crippen LogP contribution in [0.25, 0.3) is 0 Å². The van der Waals surface area contributed by atoms with Crippen LogP contribution in [-0.2, 0) is 51.2 Å². The van der Waals surface area contributed by atoms with E-state index in [1.807, 2.05) is 30.3 Å². The van der Waals surface area contributed by atoms with Crippen molar-refractivity contribution >= 4 is 47.3 Å². The third kappa shape index (κ3) is 22.5. The van der Waals surface area contributed by atoms with Crippen LogP contribution >= 0.6 is 0 Å². The number of benzene rings is 2. The lowest BCUT2D eigenvalue weighted by molar-refractivity contribution is -0.142. The molecule has 67 heavy (non-hydrogen) atoms. The predicted octanol–water partition coefficient (Wildman–Crippen LogP) is 3.76. The Morgan fingerprint density at radius 2 is 1.00 bits per heavy atom. The number of hydrogen-bond acceptors (Lipinski definition) is 9. The molecule has 0 radical (unpaired) electrons. The summed E-state index contributed by atoms with van der Waals surface area (Å²) in [6.07, 6.45) is 14.3. The van der Waals surface area contributed by atoms with Crippen molar-refractivity contribution in [1.82, 2.24) is 26.6 Å². The van der Waals surface area contributed by atoms with Gasteiger partial charge in [0.25, 0.3) is 0 Å². The number of primary amides is 2. The number of aliphatic hydroxyl groups excluding tert-OH is 1. The van der Waals surface area contributed by atoms with E-state index in [9.17, 15) is 48.6 Å². The van der Waals surface area contributed by atoms with Crippen LogP contribution in [0.1, 0.15) is 146 Å². The van der Waals surface area contributed by atoms with Gasteiger partial charge in [0.05, 0.1) is 12.5 Å². The Morgan fingerprint density at radius 3 is 1.45 bits per heavy atom. The number of carboxylic acids is 1. The van der Waals surface area contributed by atoms with Crippen molar-refractivity contribution in [1.29, 1.82) is 0 Å². The molecule has 0 heterocycles. The van der Waals surface area contributed by atoms with E-state index in [4.69, 9.17) is 11.5 Å². The molecule has 7 amide bonds. The molecule has 11 N–H and O–H groups in total. The second kappa shape index (κ2) is 31.2. The number of hydrogen-bond donors (Lipinski definition) is 9. The first-order valence-corrected chi connectivity index (χ1v) is 24.2. The Kier molecular flexibility index (Phi) is 25.8. The standard InChI is InChI=1S/C50H75N7O10/c1-34(58)44(48(64)57-45(37-27-19-14-20-28-37)49(65)54-38(46(52)62)31-35-23-15-12-16-24-35)56-43(61)30-22-11-9-7-5-3-2-4-6-8-10-21-29-42(60)53-39(33-41(51)59)47(63)55-40(50(66)67)32-36-25-17-13-18-26-36/h12-13,15-18,23-26,34,37-40,44-45,58H,2-11,14,19-22,27-33H2,1H3,(H2,51,59)(H2,52,62)(H,53,60)(H,54,65)(H,55,63)(H,56,61)(H,57,64)(H,66,67)/t34?,38-,39-,40-,44-,45-/m0/s1. The maximum absolute atomic E-state index is 13.7. The van der Waals surface area contributed by atoms with Crippen LogP contribution < -0.4 is 38.1 Å². The number of carbonyl (C=O) groups excluding carboxylic acids is 7. The van der Waals surface area contributed by atoms with Crippen molar-refractivity contribution in [2.75, 3.05) is 0 Å². The van der Waals surface area contributed by atoms with E-state index in [0.717, 1.165) is 89.0 Å². The van der Waals surface area contributed by atoms with Gasteiger partial charge in [-0.1, -0.05) is 144 Å². The zero-order chi connectivity index (χ0) is 49.0. The summed E-state index contributed by atoms with van der Waals surface area (Å²) in [5.74, 6) is -5.67. The highest BCUT2D eigenvalue weighted by Crippen LogP contribution is 2.27. The van der Waals surface area contributed by atoms with Gasteiger partial charge in [-0.3, -0.25) is 33.6 Å². The van der Waals surface area contributed by atoms with E-state index in [0.29, 0.717) is 31.2 Å². The fourth-order valence-electron chi connectivity index (χ4n) is 8.43. The van der Waals surface area contributed by atoms with Gasteiger partial charge in [-0.15, -0.1) is 0 Å². The van der Waals surface area contributed by atoms with Gasteiger partial charge in [0.2, 0.25) is 41.4 Å². The molecule has 0 aliphatic heterocycles. The molecule has 0 aromatic heterocycles. The molecule has 0 spiro atoms. The monoisotopic (exact) mass is 934 g/mol. The second-order valence-electron chi connectivity index (χ2n) is 17.9. The summed E-state index contributed by atoms with van der Waals surface area (Å²) in [6, 6.07) is 12.2. The summed E-state index contributed by atoms with van der Waals surface area (Å²) in [5, 5.41) is 33.3. The molecule has 2 aromatic rings. The number of unbranched alkanes of at least 4 members (excludes halogenated alkanes) is 11. The highest BCUT2D eigenvalue weighted by molar-refractivity contribution is 5.95. The van der Waals surface area contributed by atoms with E-state index in [2.05, 4.69) is 26.6 Å². The fourth-order valence-corrected chi connectivity index (χ4v) is 8.43. The molecule has 6 atom stereocenters. The summed E-state index contributed by atoms with van der Waals surface area (Å²) in [6.45, 7) is 1.41. The number of nitrogens with two attached hydrogens (primary N) is 2. The van der Waals surface area contributed by atoms with E-state index in [1.165, 1.54) is 6.92 Å². The first-order chi connectivity index (χ1) is 32.1. The number of aliphatic carboxylic acids is 1. The molecule has 1 aliphatic rings. The molecule has 17 heteroatoms. The molecule has 3 rings (SSSR count). The van der Waals surface area contributed by atoms with Crippen LogP contribution in [0.5, 0.6) is 0 Å². The Labute approximate surface area is 395 Å². The maximum atomic E-state index is 13.7. The molecule has 0 bridgehead atoms. The summed E-state index contributed by atoms with van der Waals surface area (Å²) >= 11 is 0. The van der Waals surface area contributed by atoms with Crippen LogP contribution in [0.2, 0.25) is 0 Å². The third-order valence-corrected chi connectivity index (χ3v) is 12.2. The lowest BCUT2D eigenvalue weighted by Gasteiger charge is -2.32. The van der Waals surface area contributed by atoms with Crippen LogP contribution in [-0.4, -0.2) is 93.8 Å². The molecule has 17 nitrogen and oxygen atoms in total. The van der Waals surface area contributed by atoms with E-state index >= 15 is 0 Å². The largest absolute Gasteiger partial charge is 0.480 e. The molecular weight excluding hydrogens is 859 g/mol. The smallest absolute Gasteiger partial charge is 0.326 e. The molecule has 1 fully saturated rings. The Bertz CT molecular complexity index is 1860. The number of carboxylic acid groups (broad SMARTS) is 1. The van der Waals surface area contributed by atoms with Crippen LogP contribution in [0, 0.1) is 5.92 Å². The lowest BCUT2D eigenvalue weighted by Crippen LogP contribution is -2.60. The normalized spacial score (nSPS) is 15.4. The van der Waals surface area contributed by atoms with Gasteiger partial charge in [0.1, 0.15) is 30.2 Å². The first-order valence-electron chi connectivity index (χ1n) is 24.2. The Morgan fingerprint density at radius 1 is 0.552 bits per heavy atom. The summed E-state index contributed by atoms with van der Waals surface area (Å²) in [7, 11) is 0. The van der Waals surface area contributed by atoms with E-state index in [-0.39, 0.29) is 37.5 Å². The number of aliphatic hydroxyl groups is 1. The van der Waals surface area contributed by atoms with Gasteiger partial charge in [0, 0.05) is 25.7 Å². The van der Waals surface area contributed by atoms with Crippen molar-refractivity contribution in [2.24, 2.45) is 17.4 Å². The molecule has 2 aromatic carbocycles. The van der Waals surface area contributed by atoms with E-state index < -0.39 is 84.1 Å². The highest BCUT2D eigenvalue weighted by Gasteiger charge is 2.36. The van der Waals surface area contributed by atoms with Crippen molar-refractivity contribution in [3.63, 3.8) is 0 Å². The summed E-state index contributed by atoms with van der Waals surface area (Å²) in [4.78, 5) is 101. The van der Waals surface area contributed by atoms with Crippen molar-refractivity contribution in [3.05, 3.63) is 71.8 Å². The Balaban J connectivity index is 1.28. The third-order valence-electron chi connectivity index (χ3n) is 12.2.